The topological polar surface area (TPSA) is 87.7 Å². The van der Waals surface area contributed by atoms with Gasteiger partial charge in [0, 0.05) is 16.9 Å². The van der Waals surface area contributed by atoms with E-state index in [1.165, 1.54) is 35.2 Å². The molecule has 1 aliphatic rings. The second-order valence-electron chi connectivity index (χ2n) is 7.81. The third-order valence-corrected chi connectivity index (χ3v) is 5.23. The molecule has 0 fully saturated rings. The average Bonchev–Trinajstić information content (AvgIpc) is 2.82. The summed E-state index contributed by atoms with van der Waals surface area (Å²) in [5.41, 5.74) is -0.0157. The molecule has 10 heteroatoms. The monoisotopic (exact) mass is 483 g/mol. The number of benzene rings is 3. The Morgan fingerprint density at radius 1 is 0.943 bits per heavy atom. The predicted molar refractivity (Wildman–Crippen MR) is 123 cm³/mol. The molecule has 0 bridgehead atoms. The van der Waals surface area contributed by atoms with E-state index in [9.17, 15) is 27.6 Å². The van der Waals surface area contributed by atoms with Gasteiger partial charge in [0.05, 0.1) is 11.3 Å². The van der Waals surface area contributed by atoms with Crippen LogP contribution in [0, 0.1) is 0 Å². The lowest BCUT2D eigenvalue weighted by Crippen LogP contribution is -2.47. The number of para-hydroxylation sites is 2. The first-order chi connectivity index (χ1) is 16.6. The number of amides is 3. The molecule has 1 aliphatic heterocycles. The lowest BCUT2D eigenvalue weighted by molar-refractivity contribution is -0.137. The van der Waals surface area contributed by atoms with Gasteiger partial charge in [0.15, 0.2) is 6.10 Å². The van der Waals surface area contributed by atoms with E-state index < -0.39 is 29.7 Å². The highest BCUT2D eigenvalue weighted by atomic mass is 19.4. The second kappa shape index (κ2) is 9.49. The van der Waals surface area contributed by atoms with Gasteiger partial charge in [-0.1, -0.05) is 24.3 Å². The SMILES string of the molecule is CC1Oc2ccccc2N(CC(=O)Nc2cccc(C(=O)Nc3cccc(C(F)(F)F)c3)c2)C1=O. The number of alkyl halides is 3. The van der Waals surface area contributed by atoms with Crippen LogP contribution in [0.1, 0.15) is 22.8 Å². The summed E-state index contributed by atoms with van der Waals surface area (Å²) in [6, 6.07) is 17.1. The zero-order valence-corrected chi connectivity index (χ0v) is 18.4. The molecule has 3 amide bonds. The average molecular weight is 483 g/mol. The summed E-state index contributed by atoms with van der Waals surface area (Å²) in [6.07, 6.45) is -5.29. The standard InChI is InChI=1S/C25H20F3N3O4/c1-15-24(34)31(20-10-2-3-11-21(20)35-15)14-22(32)29-18-8-4-6-16(12-18)23(33)30-19-9-5-7-17(13-19)25(26,27)28/h2-13,15H,14H2,1H3,(H,29,32)(H,30,33). The van der Waals surface area contributed by atoms with E-state index in [2.05, 4.69) is 10.6 Å². The molecular weight excluding hydrogens is 463 g/mol. The molecule has 1 atom stereocenters. The lowest BCUT2D eigenvalue weighted by atomic mass is 10.1. The van der Waals surface area contributed by atoms with E-state index in [-0.39, 0.29) is 29.4 Å². The molecule has 3 aromatic carbocycles. The molecule has 0 saturated carbocycles. The number of rotatable bonds is 5. The Balaban J connectivity index is 1.45. The molecule has 0 saturated heterocycles. The molecule has 0 radical (unpaired) electrons. The maximum Gasteiger partial charge on any atom is 0.416 e. The van der Waals surface area contributed by atoms with E-state index in [1.807, 2.05) is 0 Å². The molecular formula is C25H20F3N3O4. The fourth-order valence-corrected chi connectivity index (χ4v) is 3.58. The molecule has 2 N–H and O–H groups in total. The van der Waals surface area contributed by atoms with E-state index in [0.717, 1.165) is 12.1 Å². The molecule has 180 valence electrons. The molecule has 3 aromatic rings. The van der Waals surface area contributed by atoms with Crippen molar-refractivity contribution < 1.29 is 32.3 Å². The summed E-state index contributed by atoms with van der Waals surface area (Å²) in [7, 11) is 0. The van der Waals surface area contributed by atoms with Crippen LogP contribution in [0.2, 0.25) is 0 Å². The van der Waals surface area contributed by atoms with Gasteiger partial charge in [-0.2, -0.15) is 13.2 Å². The molecule has 1 heterocycles. The molecule has 0 aromatic heterocycles. The summed E-state index contributed by atoms with van der Waals surface area (Å²) in [5.74, 6) is -1.03. The molecule has 7 nitrogen and oxygen atoms in total. The van der Waals surface area contributed by atoms with Crippen LogP contribution in [-0.4, -0.2) is 30.4 Å². The number of carbonyl (C=O) groups is 3. The summed E-state index contributed by atoms with van der Waals surface area (Å²) in [5, 5.41) is 5.06. The fourth-order valence-electron chi connectivity index (χ4n) is 3.58. The Hall–Kier alpha value is -4.34. The number of ether oxygens (including phenoxy) is 1. The number of hydrogen-bond acceptors (Lipinski definition) is 4. The van der Waals surface area contributed by atoms with E-state index in [1.54, 1.807) is 37.3 Å². The number of halogens is 3. The molecule has 0 spiro atoms. The number of fused-ring (bicyclic) bond motifs is 1. The first kappa shape index (κ1) is 23.8. The van der Waals surface area contributed by atoms with Crippen molar-refractivity contribution in [3.63, 3.8) is 0 Å². The van der Waals surface area contributed by atoms with E-state index in [0.29, 0.717) is 11.4 Å². The minimum atomic E-state index is -4.54. The fraction of sp³-hybridized carbons (Fsp3) is 0.160. The normalized spacial score (nSPS) is 15.1. The van der Waals surface area contributed by atoms with Crippen molar-refractivity contribution in [2.75, 3.05) is 22.1 Å². The van der Waals surface area contributed by atoms with Crippen molar-refractivity contribution in [1.29, 1.82) is 0 Å². The van der Waals surface area contributed by atoms with Crippen LogP contribution in [0.15, 0.2) is 72.8 Å². The van der Waals surface area contributed by atoms with Crippen molar-refractivity contribution in [1.82, 2.24) is 0 Å². The molecule has 1 unspecified atom stereocenters. The zero-order valence-electron chi connectivity index (χ0n) is 18.4. The maximum absolute atomic E-state index is 12.9. The predicted octanol–water partition coefficient (Wildman–Crippen LogP) is 4.71. The maximum atomic E-state index is 12.9. The van der Waals surface area contributed by atoms with Crippen molar-refractivity contribution in [3.05, 3.63) is 83.9 Å². The van der Waals surface area contributed by atoms with Crippen LogP contribution in [0.4, 0.5) is 30.2 Å². The van der Waals surface area contributed by atoms with Gasteiger partial charge < -0.3 is 15.4 Å². The Morgan fingerprint density at radius 3 is 2.37 bits per heavy atom. The number of carbonyl (C=O) groups excluding carboxylic acids is 3. The minimum absolute atomic E-state index is 0.0159. The number of nitrogens with one attached hydrogen (secondary N) is 2. The smallest absolute Gasteiger partial charge is 0.416 e. The third kappa shape index (κ3) is 5.43. The summed E-state index contributed by atoms with van der Waals surface area (Å²) in [4.78, 5) is 39.2. The first-order valence-corrected chi connectivity index (χ1v) is 10.6. The molecule has 4 rings (SSSR count). The first-order valence-electron chi connectivity index (χ1n) is 10.6. The highest BCUT2D eigenvalue weighted by Gasteiger charge is 2.32. The Bertz CT molecular complexity index is 1290. The molecule has 35 heavy (non-hydrogen) atoms. The Labute approximate surface area is 198 Å². The van der Waals surface area contributed by atoms with Crippen molar-refractivity contribution >= 4 is 34.8 Å². The molecule has 0 aliphatic carbocycles. The van der Waals surface area contributed by atoms with Crippen LogP contribution in [0.5, 0.6) is 5.75 Å². The van der Waals surface area contributed by atoms with Crippen LogP contribution in [0.3, 0.4) is 0 Å². The summed E-state index contributed by atoms with van der Waals surface area (Å²) in [6.45, 7) is 1.32. The van der Waals surface area contributed by atoms with Gasteiger partial charge in [0.1, 0.15) is 12.3 Å². The summed E-state index contributed by atoms with van der Waals surface area (Å²) >= 11 is 0. The third-order valence-electron chi connectivity index (χ3n) is 5.23. The van der Waals surface area contributed by atoms with Gasteiger partial charge in [0.2, 0.25) is 5.91 Å². The van der Waals surface area contributed by atoms with Crippen LogP contribution in [0.25, 0.3) is 0 Å². The Kier molecular flexibility index (Phi) is 6.46. The number of nitrogens with zero attached hydrogens (tertiary/aromatic N) is 1. The number of anilines is 3. The Morgan fingerprint density at radius 2 is 1.63 bits per heavy atom. The second-order valence-corrected chi connectivity index (χ2v) is 7.81. The van der Waals surface area contributed by atoms with Gasteiger partial charge in [0.25, 0.3) is 11.8 Å². The highest BCUT2D eigenvalue weighted by molar-refractivity contribution is 6.07. The van der Waals surface area contributed by atoms with Crippen molar-refractivity contribution in [3.8, 4) is 5.75 Å². The summed E-state index contributed by atoms with van der Waals surface area (Å²) < 4.78 is 44.3. The minimum Gasteiger partial charge on any atom is -0.479 e. The lowest BCUT2D eigenvalue weighted by Gasteiger charge is -2.32. The quantitative estimate of drug-likeness (QED) is 0.550. The zero-order chi connectivity index (χ0) is 25.2. The van der Waals surface area contributed by atoms with Gasteiger partial charge in [-0.05, 0) is 55.5 Å². The van der Waals surface area contributed by atoms with E-state index in [4.69, 9.17) is 4.74 Å². The van der Waals surface area contributed by atoms with Gasteiger partial charge in [-0.25, -0.2) is 0 Å². The van der Waals surface area contributed by atoms with E-state index >= 15 is 0 Å². The number of hydrogen-bond donors (Lipinski definition) is 2. The van der Waals surface area contributed by atoms with Crippen molar-refractivity contribution in [2.45, 2.75) is 19.2 Å². The van der Waals surface area contributed by atoms with Crippen LogP contribution >= 0.6 is 0 Å². The largest absolute Gasteiger partial charge is 0.479 e. The van der Waals surface area contributed by atoms with Gasteiger partial charge in [-0.15, -0.1) is 0 Å². The van der Waals surface area contributed by atoms with Gasteiger partial charge in [-0.3, -0.25) is 19.3 Å². The van der Waals surface area contributed by atoms with Crippen LogP contribution < -0.4 is 20.3 Å². The van der Waals surface area contributed by atoms with Gasteiger partial charge >= 0.3 is 6.18 Å². The van der Waals surface area contributed by atoms with Crippen molar-refractivity contribution in [2.24, 2.45) is 0 Å². The van der Waals surface area contributed by atoms with Crippen LogP contribution in [-0.2, 0) is 15.8 Å². The highest BCUT2D eigenvalue weighted by Crippen LogP contribution is 2.33.